The number of rotatable bonds is 5. The number of hydrogen-bond donors (Lipinski definition) is 1. The summed E-state index contributed by atoms with van der Waals surface area (Å²) in [5.41, 5.74) is 1.56. The zero-order chi connectivity index (χ0) is 24.0. The van der Waals surface area contributed by atoms with E-state index in [1.807, 2.05) is 0 Å². The van der Waals surface area contributed by atoms with Gasteiger partial charge >= 0.3 is 0 Å². The lowest BCUT2D eigenvalue weighted by molar-refractivity contribution is -0.123. The highest BCUT2D eigenvalue weighted by Gasteiger charge is 2.56. The Balaban J connectivity index is 1.57. The van der Waals surface area contributed by atoms with Crippen LogP contribution in [0.3, 0.4) is 0 Å². The van der Waals surface area contributed by atoms with Crippen molar-refractivity contribution in [3.63, 3.8) is 0 Å². The molecular weight excluding hydrogens is 435 g/mol. The summed E-state index contributed by atoms with van der Waals surface area (Å²) in [5, 5.41) is 16.5. The maximum absolute atomic E-state index is 15.5. The Labute approximate surface area is 196 Å². The van der Waals surface area contributed by atoms with Crippen molar-refractivity contribution >= 4 is 23.2 Å². The Morgan fingerprint density at radius 3 is 2.74 bits per heavy atom. The highest BCUT2D eigenvalue weighted by molar-refractivity contribution is 6.02. The van der Waals surface area contributed by atoms with Gasteiger partial charge in [-0.05, 0) is 55.0 Å². The van der Waals surface area contributed by atoms with Gasteiger partial charge in [-0.1, -0.05) is 0 Å². The summed E-state index contributed by atoms with van der Waals surface area (Å²) in [6, 6.07) is 8.84. The van der Waals surface area contributed by atoms with Crippen LogP contribution < -0.4 is 10.2 Å². The highest BCUT2D eigenvalue weighted by Crippen LogP contribution is 2.52. The van der Waals surface area contributed by atoms with Gasteiger partial charge in [0, 0.05) is 49.7 Å². The number of nitrogens with one attached hydrogen (secondary N) is 1. The van der Waals surface area contributed by atoms with Crippen LogP contribution in [0, 0.1) is 28.5 Å². The molecule has 0 radical (unpaired) electrons. The predicted molar refractivity (Wildman–Crippen MR) is 124 cm³/mol. The summed E-state index contributed by atoms with van der Waals surface area (Å²) < 4.78 is 17.1. The third-order valence-electron chi connectivity index (χ3n) is 6.58. The first-order valence-corrected chi connectivity index (χ1v) is 11.1. The Morgan fingerprint density at radius 1 is 1.29 bits per heavy atom. The van der Waals surface area contributed by atoms with Crippen LogP contribution in [0.4, 0.5) is 15.8 Å². The Bertz CT molecular complexity index is 1360. The predicted octanol–water partition coefficient (Wildman–Crippen LogP) is 3.90. The lowest BCUT2D eigenvalue weighted by Crippen LogP contribution is -2.35. The third-order valence-corrected chi connectivity index (χ3v) is 6.58. The molecule has 5 rings (SSSR count). The van der Waals surface area contributed by atoms with Gasteiger partial charge in [0.15, 0.2) is 5.82 Å². The van der Waals surface area contributed by atoms with Crippen LogP contribution >= 0.6 is 0 Å². The highest BCUT2D eigenvalue weighted by atomic mass is 19.1. The number of carbonyl (C=O) groups is 2. The fraction of sp³-hybridized carbons (Fsp3) is 0.320. The minimum atomic E-state index is -0.965. The second-order valence-corrected chi connectivity index (χ2v) is 8.93. The van der Waals surface area contributed by atoms with Gasteiger partial charge in [0.2, 0.25) is 11.8 Å². The Hall–Kier alpha value is -4.06. The molecule has 34 heavy (non-hydrogen) atoms. The van der Waals surface area contributed by atoms with E-state index in [2.05, 4.69) is 21.5 Å². The average Bonchev–Trinajstić information content (AvgIpc) is 3.49. The minimum absolute atomic E-state index is 0.0329. The van der Waals surface area contributed by atoms with Gasteiger partial charge in [-0.2, -0.15) is 10.4 Å². The molecule has 0 spiro atoms. The molecule has 1 aliphatic heterocycles. The summed E-state index contributed by atoms with van der Waals surface area (Å²) in [4.78, 5) is 30.9. The zero-order valence-electron chi connectivity index (χ0n) is 18.9. The van der Waals surface area contributed by atoms with E-state index in [4.69, 9.17) is 0 Å². The Kier molecular flexibility index (Phi) is 5.16. The summed E-state index contributed by atoms with van der Waals surface area (Å²) in [6.45, 7) is 1.75. The standard InChI is InChI=1S/C25H23FN6O2/c1-15(33)30-22-10-16(17-12-29-31(2)13-17)9-20(23(22)26)21-11-19(5-7-28-21)32-8-6-25(14-27,24(32)34)18-3-4-18/h5,7,9-13,18H,3-4,6,8H2,1-2H3,(H,30,33)/t25-/m1/s1. The number of nitrogens with zero attached hydrogens (tertiary/aromatic N) is 5. The number of nitriles is 1. The molecule has 1 aliphatic carbocycles. The van der Waals surface area contributed by atoms with Crippen LogP contribution in [0.1, 0.15) is 26.2 Å². The van der Waals surface area contributed by atoms with E-state index < -0.39 is 17.1 Å². The monoisotopic (exact) mass is 458 g/mol. The minimum Gasteiger partial charge on any atom is -0.324 e. The van der Waals surface area contributed by atoms with Crippen LogP contribution in [0.5, 0.6) is 0 Å². The molecule has 172 valence electrons. The van der Waals surface area contributed by atoms with Crippen molar-refractivity contribution in [1.82, 2.24) is 14.8 Å². The van der Waals surface area contributed by atoms with E-state index in [1.165, 1.54) is 13.1 Å². The number of anilines is 2. The number of aromatic nitrogens is 3. The lowest BCUT2D eigenvalue weighted by Gasteiger charge is -2.21. The van der Waals surface area contributed by atoms with Crippen LogP contribution in [-0.4, -0.2) is 33.1 Å². The molecule has 1 saturated heterocycles. The summed E-state index contributed by atoms with van der Waals surface area (Å²) >= 11 is 0. The van der Waals surface area contributed by atoms with E-state index in [9.17, 15) is 14.9 Å². The largest absolute Gasteiger partial charge is 0.324 e. The van der Waals surface area contributed by atoms with Crippen LogP contribution in [-0.2, 0) is 16.6 Å². The van der Waals surface area contributed by atoms with E-state index >= 15 is 4.39 Å². The van der Waals surface area contributed by atoms with E-state index in [1.54, 1.807) is 53.3 Å². The Morgan fingerprint density at radius 2 is 2.09 bits per heavy atom. The van der Waals surface area contributed by atoms with Gasteiger partial charge in [-0.15, -0.1) is 0 Å². The molecule has 1 N–H and O–H groups in total. The van der Waals surface area contributed by atoms with Crippen molar-refractivity contribution in [2.24, 2.45) is 18.4 Å². The zero-order valence-corrected chi connectivity index (χ0v) is 18.9. The molecule has 1 aromatic carbocycles. The van der Waals surface area contributed by atoms with E-state index in [0.717, 1.165) is 18.4 Å². The number of hydrogen-bond acceptors (Lipinski definition) is 5. The molecule has 0 bridgehead atoms. The number of halogens is 1. The molecule has 2 amide bonds. The second-order valence-electron chi connectivity index (χ2n) is 8.93. The molecular formula is C25H23FN6O2. The molecule has 1 atom stereocenters. The fourth-order valence-corrected chi connectivity index (χ4v) is 4.70. The van der Waals surface area contributed by atoms with Crippen molar-refractivity contribution < 1.29 is 14.0 Å². The van der Waals surface area contributed by atoms with E-state index in [-0.39, 0.29) is 23.1 Å². The van der Waals surface area contributed by atoms with Gasteiger partial charge < -0.3 is 10.2 Å². The van der Waals surface area contributed by atoms with Crippen LogP contribution in [0.2, 0.25) is 0 Å². The summed E-state index contributed by atoms with van der Waals surface area (Å²) in [6.07, 6.45) is 7.25. The number of aryl methyl sites for hydroxylation is 1. The van der Waals surface area contributed by atoms with Gasteiger partial charge in [-0.25, -0.2) is 4.39 Å². The number of amides is 2. The van der Waals surface area contributed by atoms with Crippen LogP contribution in [0.25, 0.3) is 22.4 Å². The molecule has 2 fully saturated rings. The molecule has 0 unspecified atom stereocenters. The van der Waals surface area contributed by atoms with Crippen molar-refractivity contribution in [3.05, 3.63) is 48.7 Å². The van der Waals surface area contributed by atoms with Gasteiger partial charge in [0.25, 0.3) is 0 Å². The molecule has 9 heteroatoms. The number of carbonyl (C=O) groups excluding carboxylic acids is 2. The van der Waals surface area contributed by atoms with E-state index in [0.29, 0.717) is 29.9 Å². The average molecular weight is 458 g/mol. The normalized spacial score (nSPS) is 19.8. The quantitative estimate of drug-likeness (QED) is 0.624. The second kappa shape index (κ2) is 8.06. The van der Waals surface area contributed by atoms with Gasteiger partial charge in [-0.3, -0.25) is 19.3 Å². The smallest absolute Gasteiger partial charge is 0.247 e. The first-order valence-electron chi connectivity index (χ1n) is 11.1. The molecule has 3 heterocycles. The van der Waals surface area contributed by atoms with Crippen LogP contribution in [0.15, 0.2) is 42.9 Å². The first-order chi connectivity index (χ1) is 16.3. The van der Waals surface area contributed by atoms with Gasteiger partial charge in [0.05, 0.1) is 23.6 Å². The van der Waals surface area contributed by atoms with Crippen molar-refractivity contribution in [1.29, 1.82) is 5.26 Å². The fourth-order valence-electron chi connectivity index (χ4n) is 4.70. The molecule has 3 aromatic rings. The summed E-state index contributed by atoms with van der Waals surface area (Å²) in [5.74, 6) is -1.10. The molecule has 2 aromatic heterocycles. The first kappa shape index (κ1) is 21.8. The van der Waals surface area contributed by atoms with Crippen molar-refractivity contribution in [2.75, 3.05) is 16.8 Å². The topological polar surface area (TPSA) is 104 Å². The molecule has 1 saturated carbocycles. The van der Waals surface area contributed by atoms with Crippen molar-refractivity contribution in [3.8, 4) is 28.5 Å². The SMILES string of the molecule is CC(=O)Nc1cc(-c2cnn(C)c2)cc(-c2cc(N3CC[C@@](C#N)(C4CC4)C3=O)ccn2)c1F. The lowest BCUT2D eigenvalue weighted by atomic mass is 9.83. The number of benzene rings is 1. The van der Waals surface area contributed by atoms with Gasteiger partial charge in [0.1, 0.15) is 5.41 Å². The third kappa shape index (κ3) is 3.61. The maximum Gasteiger partial charge on any atom is 0.247 e. The summed E-state index contributed by atoms with van der Waals surface area (Å²) in [7, 11) is 1.78. The molecule has 8 nitrogen and oxygen atoms in total. The number of pyridine rings is 1. The maximum atomic E-state index is 15.5. The van der Waals surface area contributed by atoms with Crippen molar-refractivity contribution in [2.45, 2.75) is 26.2 Å². The molecule has 2 aliphatic rings.